The number of hydrogen-bond donors (Lipinski definition) is 2. The number of hydrogen-bond acceptors (Lipinski definition) is 4. The van der Waals surface area contributed by atoms with Crippen molar-refractivity contribution in [2.75, 3.05) is 0 Å². The van der Waals surface area contributed by atoms with E-state index in [2.05, 4.69) is 29.7 Å². The zero-order valence-electron chi connectivity index (χ0n) is 13.5. The van der Waals surface area contributed by atoms with Crippen molar-refractivity contribution in [3.05, 3.63) is 36.4 Å². The van der Waals surface area contributed by atoms with Crippen LogP contribution in [0.3, 0.4) is 0 Å². The van der Waals surface area contributed by atoms with Gasteiger partial charge in [0.25, 0.3) is 0 Å². The largest absolute Gasteiger partial charge is 0.337 e. The van der Waals surface area contributed by atoms with Crippen molar-refractivity contribution in [3.8, 4) is 0 Å². The molecule has 0 spiro atoms. The van der Waals surface area contributed by atoms with E-state index in [4.69, 9.17) is 0 Å². The van der Waals surface area contributed by atoms with E-state index in [0.29, 0.717) is 12.1 Å². The number of nitrogens with one attached hydrogen (secondary N) is 2. The summed E-state index contributed by atoms with van der Waals surface area (Å²) in [6.07, 6.45) is 12.8. The maximum atomic E-state index is 4.39. The quantitative estimate of drug-likeness (QED) is 0.845. The molecule has 2 aromatic heterocycles. The van der Waals surface area contributed by atoms with Crippen LogP contribution in [0.25, 0.3) is 0 Å². The molecule has 1 fully saturated rings. The smallest absolute Gasteiger partial charge is 0.122 e. The van der Waals surface area contributed by atoms with Crippen molar-refractivity contribution >= 4 is 0 Å². The lowest BCUT2D eigenvalue weighted by Gasteiger charge is -2.33. The van der Waals surface area contributed by atoms with Crippen molar-refractivity contribution < 1.29 is 0 Å². The van der Waals surface area contributed by atoms with Crippen molar-refractivity contribution in [2.45, 2.75) is 50.9 Å². The zero-order chi connectivity index (χ0) is 15.4. The molecule has 0 aromatic carbocycles. The van der Waals surface area contributed by atoms with Gasteiger partial charge in [0.05, 0.1) is 13.1 Å². The van der Waals surface area contributed by atoms with E-state index in [9.17, 15) is 0 Å². The molecule has 0 aliphatic heterocycles. The number of aromatic nitrogens is 4. The molecule has 0 bridgehead atoms. The maximum Gasteiger partial charge on any atom is 0.122 e. The Labute approximate surface area is 132 Å². The first-order chi connectivity index (χ1) is 10.7. The van der Waals surface area contributed by atoms with Crippen LogP contribution < -0.4 is 10.6 Å². The van der Waals surface area contributed by atoms with Gasteiger partial charge in [0.1, 0.15) is 11.6 Å². The standard InChI is InChI=1S/C16H26N6/c1-21-9-7-17-15(21)11-19-13-5-3-4-6-14(13)20-12-16-18-8-10-22(16)2/h7-10,13-14,19-20H,3-6,11-12H2,1-2H3/t13-,14-/m0/s1. The van der Waals surface area contributed by atoms with E-state index in [1.54, 1.807) is 0 Å². The summed E-state index contributed by atoms with van der Waals surface area (Å²) in [5, 5.41) is 7.37. The summed E-state index contributed by atoms with van der Waals surface area (Å²) >= 11 is 0. The summed E-state index contributed by atoms with van der Waals surface area (Å²) in [4.78, 5) is 8.78. The zero-order valence-corrected chi connectivity index (χ0v) is 13.5. The molecule has 6 nitrogen and oxygen atoms in total. The van der Waals surface area contributed by atoms with Crippen molar-refractivity contribution in [3.63, 3.8) is 0 Å². The van der Waals surface area contributed by atoms with E-state index >= 15 is 0 Å². The minimum absolute atomic E-state index is 0.505. The van der Waals surface area contributed by atoms with Crippen LogP contribution in [0.15, 0.2) is 24.8 Å². The van der Waals surface area contributed by atoms with Gasteiger partial charge in [0.2, 0.25) is 0 Å². The van der Waals surface area contributed by atoms with Gasteiger partial charge >= 0.3 is 0 Å². The average molecular weight is 302 g/mol. The van der Waals surface area contributed by atoms with Crippen LogP contribution in [0.5, 0.6) is 0 Å². The molecule has 0 unspecified atom stereocenters. The number of imidazole rings is 2. The summed E-state index contributed by atoms with van der Waals surface area (Å²) in [5.74, 6) is 2.18. The van der Waals surface area contributed by atoms with Gasteiger partial charge in [-0.1, -0.05) is 12.8 Å². The molecular weight excluding hydrogens is 276 g/mol. The van der Waals surface area contributed by atoms with E-state index in [1.807, 2.05) is 38.9 Å². The normalized spacial score (nSPS) is 22.1. The monoisotopic (exact) mass is 302 g/mol. The van der Waals surface area contributed by atoms with Crippen molar-refractivity contribution in [1.82, 2.24) is 29.7 Å². The second kappa shape index (κ2) is 7.07. The molecule has 0 radical (unpaired) electrons. The number of rotatable bonds is 6. The van der Waals surface area contributed by atoms with Crippen LogP contribution in [0.2, 0.25) is 0 Å². The molecule has 6 heteroatoms. The summed E-state index contributed by atoms with van der Waals surface area (Å²) in [6.45, 7) is 1.66. The highest BCUT2D eigenvalue weighted by Crippen LogP contribution is 2.19. The lowest BCUT2D eigenvalue weighted by Crippen LogP contribution is -2.49. The molecule has 22 heavy (non-hydrogen) atoms. The van der Waals surface area contributed by atoms with Gasteiger partial charge in [-0.25, -0.2) is 9.97 Å². The lowest BCUT2D eigenvalue weighted by atomic mass is 9.90. The molecule has 0 saturated heterocycles. The molecule has 120 valence electrons. The fraction of sp³-hybridized carbons (Fsp3) is 0.625. The second-order valence-corrected chi connectivity index (χ2v) is 6.17. The fourth-order valence-corrected chi connectivity index (χ4v) is 3.20. The highest BCUT2D eigenvalue weighted by Gasteiger charge is 2.24. The molecule has 1 aliphatic carbocycles. The van der Waals surface area contributed by atoms with Crippen LogP contribution in [0.4, 0.5) is 0 Å². The van der Waals surface area contributed by atoms with Crippen LogP contribution in [-0.2, 0) is 27.2 Å². The van der Waals surface area contributed by atoms with E-state index < -0.39 is 0 Å². The molecule has 2 heterocycles. The van der Waals surface area contributed by atoms with Gasteiger partial charge < -0.3 is 19.8 Å². The minimum Gasteiger partial charge on any atom is -0.337 e. The fourth-order valence-electron chi connectivity index (χ4n) is 3.20. The number of aryl methyl sites for hydroxylation is 2. The summed E-state index contributed by atoms with van der Waals surface area (Å²) < 4.78 is 4.15. The van der Waals surface area contributed by atoms with Crippen LogP contribution in [0, 0.1) is 0 Å². The SMILES string of the molecule is Cn1ccnc1CN[C@H]1CCCC[C@@H]1NCc1nccn1C. The third kappa shape index (κ3) is 3.56. The molecule has 3 rings (SSSR count). The molecule has 0 amide bonds. The Morgan fingerprint density at radius 1 is 0.909 bits per heavy atom. The summed E-state index contributed by atoms with van der Waals surface area (Å²) in [7, 11) is 4.09. The predicted octanol–water partition coefficient (Wildman–Crippen LogP) is 1.34. The molecular formula is C16H26N6. The van der Waals surface area contributed by atoms with Crippen molar-refractivity contribution in [1.29, 1.82) is 0 Å². The van der Waals surface area contributed by atoms with Crippen LogP contribution in [-0.4, -0.2) is 31.2 Å². The van der Waals surface area contributed by atoms with E-state index in [1.165, 1.54) is 25.7 Å². The van der Waals surface area contributed by atoms with Crippen LogP contribution >= 0.6 is 0 Å². The van der Waals surface area contributed by atoms with Gasteiger partial charge in [0, 0.05) is 51.0 Å². The Bertz CT molecular complexity index is 535. The Kier molecular flexibility index (Phi) is 4.90. The van der Waals surface area contributed by atoms with Crippen LogP contribution in [0.1, 0.15) is 37.3 Å². The summed E-state index contributed by atoms with van der Waals surface area (Å²) in [6, 6.07) is 1.01. The third-order valence-corrected chi connectivity index (χ3v) is 4.65. The van der Waals surface area contributed by atoms with E-state index in [0.717, 1.165) is 24.7 Å². The van der Waals surface area contributed by atoms with Gasteiger partial charge in [0.15, 0.2) is 0 Å². The Balaban J connectivity index is 1.54. The molecule has 1 aliphatic rings. The Morgan fingerprint density at radius 2 is 1.36 bits per heavy atom. The molecule has 2 atom stereocenters. The third-order valence-electron chi connectivity index (χ3n) is 4.65. The topological polar surface area (TPSA) is 59.7 Å². The molecule has 1 saturated carbocycles. The number of nitrogens with zero attached hydrogens (tertiary/aromatic N) is 4. The highest BCUT2D eigenvalue weighted by atomic mass is 15.1. The first-order valence-corrected chi connectivity index (χ1v) is 8.13. The van der Waals surface area contributed by atoms with E-state index in [-0.39, 0.29) is 0 Å². The first-order valence-electron chi connectivity index (χ1n) is 8.13. The first kappa shape index (κ1) is 15.2. The Morgan fingerprint density at radius 3 is 1.73 bits per heavy atom. The minimum atomic E-state index is 0.505. The van der Waals surface area contributed by atoms with Gasteiger partial charge in [-0.15, -0.1) is 0 Å². The Hall–Kier alpha value is -1.66. The van der Waals surface area contributed by atoms with Gasteiger partial charge in [-0.3, -0.25) is 0 Å². The maximum absolute atomic E-state index is 4.39. The molecule has 2 N–H and O–H groups in total. The molecule has 2 aromatic rings. The highest BCUT2D eigenvalue weighted by molar-refractivity contribution is 4.95. The van der Waals surface area contributed by atoms with Crippen molar-refractivity contribution in [2.24, 2.45) is 14.1 Å². The predicted molar refractivity (Wildman–Crippen MR) is 86.1 cm³/mol. The van der Waals surface area contributed by atoms with Gasteiger partial charge in [-0.2, -0.15) is 0 Å². The second-order valence-electron chi connectivity index (χ2n) is 6.17. The summed E-state index contributed by atoms with van der Waals surface area (Å²) in [5.41, 5.74) is 0. The van der Waals surface area contributed by atoms with Gasteiger partial charge in [-0.05, 0) is 12.8 Å². The average Bonchev–Trinajstić information content (AvgIpc) is 3.12. The lowest BCUT2D eigenvalue weighted by molar-refractivity contribution is 0.277.